The maximum Gasteiger partial charge on any atom is 0.200 e. The van der Waals surface area contributed by atoms with Crippen LogP contribution in [0.4, 0.5) is 20.3 Å². The molecule has 0 saturated heterocycles. The predicted molar refractivity (Wildman–Crippen MR) is 138 cm³/mol. The van der Waals surface area contributed by atoms with Crippen LogP contribution in [0.5, 0.6) is 5.75 Å². The number of fused-ring (bicyclic) bond motifs is 1. The summed E-state index contributed by atoms with van der Waals surface area (Å²) in [7, 11) is 1.88. The highest BCUT2D eigenvalue weighted by atomic mass is 19.2. The number of para-hydroxylation sites is 1. The summed E-state index contributed by atoms with van der Waals surface area (Å²) in [4.78, 5) is 4.65. The minimum absolute atomic E-state index is 0.0328. The summed E-state index contributed by atoms with van der Waals surface area (Å²) in [5, 5.41) is 13.7. The standard InChI is InChI=1S/C28H26F2N6O/c1-35-17-18(15-32-35)28-22-16-31-26(33-19-6-3-2-4-7-19)14-24(22)36(34-28)20-10-12-21(13-11-20)37-25-9-5-8-23(29)27(25)30/h2-9,14-17,20-21H,10-13H2,1H3,(H,31,33)/t20-,21+. The van der Waals surface area contributed by atoms with E-state index in [1.165, 1.54) is 12.1 Å². The number of pyridine rings is 1. The zero-order chi connectivity index (χ0) is 25.4. The van der Waals surface area contributed by atoms with Gasteiger partial charge in [-0.25, -0.2) is 9.37 Å². The van der Waals surface area contributed by atoms with Crippen molar-refractivity contribution in [2.24, 2.45) is 7.05 Å². The molecule has 0 bridgehead atoms. The van der Waals surface area contributed by atoms with Crippen molar-refractivity contribution in [1.29, 1.82) is 0 Å². The van der Waals surface area contributed by atoms with Crippen molar-refractivity contribution in [3.8, 4) is 17.0 Å². The lowest BCUT2D eigenvalue weighted by molar-refractivity contribution is 0.125. The summed E-state index contributed by atoms with van der Waals surface area (Å²) in [6, 6.07) is 16.1. The van der Waals surface area contributed by atoms with Crippen molar-refractivity contribution in [1.82, 2.24) is 24.5 Å². The van der Waals surface area contributed by atoms with Crippen molar-refractivity contribution < 1.29 is 13.5 Å². The molecule has 1 aliphatic carbocycles. The number of anilines is 2. The van der Waals surface area contributed by atoms with Crippen molar-refractivity contribution in [3.63, 3.8) is 0 Å². The molecular formula is C28H26F2N6O. The summed E-state index contributed by atoms with van der Waals surface area (Å²) in [5.74, 6) is -1.13. The second-order valence-electron chi connectivity index (χ2n) is 9.37. The molecule has 0 atom stereocenters. The highest BCUT2D eigenvalue weighted by molar-refractivity contribution is 5.94. The monoisotopic (exact) mass is 500 g/mol. The third kappa shape index (κ3) is 4.64. The number of rotatable bonds is 6. The summed E-state index contributed by atoms with van der Waals surface area (Å²) in [6.07, 6.45) is 8.46. The van der Waals surface area contributed by atoms with E-state index in [0.29, 0.717) is 12.8 Å². The van der Waals surface area contributed by atoms with Gasteiger partial charge in [0, 0.05) is 42.1 Å². The second kappa shape index (κ2) is 9.65. The van der Waals surface area contributed by atoms with E-state index in [2.05, 4.69) is 20.1 Å². The molecule has 0 spiro atoms. The van der Waals surface area contributed by atoms with Crippen molar-refractivity contribution >= 4 is 22.4 Å². The molecule has 5 aromatic rings. The first-order valence-electron chi connectivity index (χ1n) is 12.3. The third-order valence-electron chi connectivity index (χ3n) is 6.82. The number of benzene rings is 2. The Kier molecular flexibility index (Phi) is 6.04. The van der Waals surface area contributed by atoms with Gasteiger partial charge in [0.25, 0.3) is 0 Å². The SMILES string of the molecule is Cn1cc(-c2nn([C@H]3CC[C@@H](Oc4cccc(F)c4F)CC3)c3cc(Nc4ccccc4)ncc23)cn1. The van der Waals surface area contributed by atoms with E-state index in [1.54, 1.807) is 10.9 Å². The van der Waals surface area contributed by atoms with E-state index < -0.39 is 11.6 Å². The zero-order valence-corrected chi connectivity index (χ0v) is 20.3. The van der Waals surface area contributed by atoms with E-state index in [-0.39, 0.29) is 17.9 Å². The number of ether oxygens (including phenoxy) is 1. The molecule has 188 valence electrons. The van der Waals surface area contributed by atoms with Crippen LogP contribution in [0.25, 0.3) is 22.2 Å². The third-order valence-corrected chi connectivity index (χ3v) is 6.82. The largest absolute Gasteiger partial charge is 0.487 e. The number of aryl methyl sites for hydroxylation is 1. The van der Waals surface area contributed by atoms with Gasteiger partial charge in [-0.05, 0) is 49.9 Å². The van der Waals surface area contributed by atoms with Gasteiger partial charge in [0.05, 0.1) is 23.9 Å². The fourth-order valence-electron chi connectivity index (χ4n) is 4.97. The maximum absolute atomic E-state index is 14.1. The minimum atomic E-state index is -0.935. The van der Waals surface area contributed by atoms with Crippen molar-refractivity contribution in [3.05, 3.63) is 84.8 Å². The molecule has 9 heteroatoms. The van der Waals surface area contributed by atoms with Crippen molar-refractivity contribution in [2.75, 3.05) is 5.32 Å². The number of hydrogen-bond donors (Lipinski definition) is 1. The summed E-state index contributed by atoms with van der Waals surface area (Å²) in [6.45, 7) is 0. The molecule has 1 fully saturated rings. The average Bonchev–Trinajstić information content (AvgIpc) is 3.51. The zero-order valence-electron chi connectivity index (χ0n) is 20.3. The van der Waals surface area contributed by atoms with Gasteiger partial charge in [-0.3, -0.25) is 9.36 Å². The van der Waals surface area contributed by atoms with Gasteiger partial charge in [-0.2, -0.15) is 14.6 Å². The average molecular weight is 501 g/mol. The Morgan fingerprint density at radius 2 is 1.78 bits per heavy atom. The van der Waals surface area contributed by atoms with Crippen LogP contribution in [0, 0.1) is 11.6 Å². The molecule has 3 heterocycles. The van der Waals surface area contributed by atoms with Crippen LogP contribution in [-0.2, 0) is 7.05 Å². The lowest BCUT2D eigenvalue weighted by Gasteiger charge is -2.29. The molecular weight excluding hydrogens is 474 g/mol. The summed E-state index contributed by atoms with van der Waals surface area (Å²) < 4.78 is 37.4. The molecule has 2 aromatic carbocycles. The van der Waals surface area contributed by atoms with Crippen LogP contribution in [0.3, 0.4) is 0 Å². The second-order valence-corrected chi connectivity index (χ2v) is 9.37. The Morgan fingerprint density at radius 1 is 0.973 bits per heavy atom. The fraction of sp³-hybridized carbons (Fsp3) is 0.250. The molecule has 1 aliphatic rings. The van der Waals surface area contributed by atoms with Crippen LogP contribution < -0.4 is 10.1 Å². The smallest absolute Gasteiger partial charge is 0.200 e. The first kappa shape index (κ1) is 23.1. The minimum Gasteiger partial charge on any atom is -0.487 e. The summed E-state index contributed by atoms with van der Waals surface area (Å²) in [5.41, 5.74) is 3.69. The van der Waals surface area contributed by atoms with Gasteiger partial charge in [0.15, 0.2) is 11.6 Å². The number of hydrogen-bond acceptors (Lipinski definition) is 5. The highest BCUT2D eigenvalue weighted by Gasteiger charge is 2.28. The van der Waals surface area contributed by atoms with Crippen LogP contribution >= 0.6 is 0 Å². The molecule has 0 amide bonds. The van der Waals surface area contributed by atoms with Gasteiger partial charge >= 0.3 is 0 Å². The molecule has 3 aromatic heterocycles. The maximum atomic E-state index is 14.1. The number of nitrogens with one attached hydrogen (secondary N) is 1. The molecule has 37 heavy (non-hydrogen) atoms. The van der Waals surface area contributed by atoms with Crippen LogP contribution in [0.15, 0.2) is 73.2 Å². The Labute approximate surface area is 212 Å². The van der Waals surface area contributed by atoms with Gasteiger partial charge < -0.3 is 10.1 Å². The molecule has 0 radical (unpaired) electrons. The van der Waals surface area contributed by atoms with E-state index in [0.717, 1.165) is 52.6 Å². The molecule has 1 N–H and O–H groups in total. The fourth-order valence-corrected chi connectivity index (χ4v) is 4.97. The topological polar surface area (TPSA) is 69.8 Å². The van der Waals surface area contributed by atoms with Gasteiger partial charge in [-0.15, -0.1) is 0 Å². The lowest BCUT2D eigenvalue weighted by atomic mass is 9.93. The molecule has 7 nitrogen and oxygen atoms in total. The first-order valence-corrected chi connectivity index (χ1v) is 12.3. The van der Waals surface area contributed by atoms with Crippen LogP contribution in [-0.4, -0.2) is 30.6 Å². The highest BCUT2D eigenvalue weighted by Crippen LogP contribution is 2.37. The van der Waals surface area contributed by atoms with E-state index in [9.17, 15) is 8.78 Å². The predicted octanol–water partition coefficient (Wildman–Crippen LogP) is 6.42. The normalized spacial score (nSPS) is 17.7. The number of aromatic nitrogens is 5. The summed E-state index contributed by atoms with van der Waals surface area (Å²) >= 11 is 0. The molecule has 6 rings (SSSR count). The Balaban J connectivity index is 1.29. The first-order chi connectivity index (χ1) is 18.0. The number of halogens is 2. The number of nitrogens with zero attached hydrogens (tertiary/aromatic N) is 5. The Bertz CT molecular complexity index is 1540. The van der Waals surface area contributed by atoms with Gasteiger partial charge in [0.2, 0.25) is 5.82 Å². The Hall–Kier alpha value is -4.27. The quantitative estimate of drug-likeness (QED) is 0.292. The molecule has 1 saturated carbocycles. The van der Waals surface area contributed by atoms with Crippen molar-refractivity contribution in [2.45, 2.75) is 37.8 Å². The van der Waals surface area contributed by atoms with Crippen LogP contribution in [0.1, 0.15) is 31.7 Å². The van der Waals surface area contributed by atoms with Gasteiger partial charge in [0.1, 0.15) is 11.5 Å². The van der Waals surface area contributed by atoms with Gasteiger partial charge in [-0.1, -0.05) is 24.3 Å². The Morgan fingerprint density at radius 3 is 2.54 bits per heavy atom. The lowest BCUT2D eigenvalue weighted by Crippen LogP contribution is -2.26. The van der Waals surface area contributed by atoms with Crippen LogP contribution in [0.2, 0.25) is 0 Å². The molecule has 0 unspecified atom stereocenters. The molecule has 0 aliphatic heterocycles. The van der Waals surface area contributed by atoms with E-state index in [1.807, 2.05) is 55.8 Å². The van der Waals surface area contributed by atoms with E-state index >= 15 is 0 Å². The van der Waals surface area contributed by atoms with E-state index in [4.69, 9.17) is 9.84 Å².